The van der Waals surface area contributed by atoms with Crippen LogP contribution in [0.3, 0.4) is 0 Å². The van der Waals surface area contributed by atoms with Gasteiger partial charge in [0.05, 0.1) is 0 Å². The molecule has 0 fully saturated rings. The van der Waals surface area contributed by atoms with Gasteiger partial charge in [0.25, 0.3) is 5.91 Å². The van der Waals surface area contributed by atoms with E-state index in [2.05, 4.69) is 10.6 Å². The van der Waals surface area contributed by atoms with Gasteiger partial charge >= 0.3 is 0 Å². The van der Waals surface area contributed by atoms with Gasteiger partial charge in [-0.2, -0.15) is 0 Å². The van der Waals surface area contributed by atoms with Crippen LogP contribution in [0.1, 0.15) is 24.5 Å². The molecular formula is C19H21ClN2O3. The minimum atomic E-state index is -0.281. The molecule has 2 aromatic carbocycles. The quantitative estimate of drug-likeness (QED) is 0.806. The molecule has 0 aliphatic rings. The number of carbonyl (C=O) groups is 2. The molecule has 2 amide bonds. The first-order chi connectivity index (χ1) is 11.9. The second kappa shape index (κ2) is 8.53. The second-order valence-corrected chi connectivity index (χ2v) is 6.06. The van der Waals surface area contributed by atoms with Gasteiger partial charge in [-0.1, -0.05) is 24.6 Å². The normalized spacial score (nSPS) is 10.2. The molecule has 0 aromatic heterocycles. The van der Waals surface area contributed by atoms with Gasteiger partial charge in [-0.15, -0.1) is 0 Å². The van der Waals surface area contributed by atoms with Crippen LogP contribution < -0.4 is 15.4 Å². The van der Waals surface area contributed by atoms with Crippen LogP contribution in [0.15, 0.2) is 36.4 Å². The van der Waals surface area contributed by atoms with E-state index in [1.807, 2.05) is 13.8 Å². The predicted octanol–water partition coefficient (Wildman–Crippen LogP) is 4.32. The van der Waals surface area contributed by atoms with Crippen LogP contribution in [0.4, 0.5) is 11.4 Å². The Hall–Kier alpha value is -2.53. The van der Waals surface area contributed by atoms with Crippen molar-refractivity contribution in [2.75, 3.05) is 17.2 Å². The lowest BCUT2D eigenvalue weighted by molar-refractivity contribution is -0.118. The van der Waals surface area contributed by atoms with E-state index in [0.29, 0.717) is 28.6 Å². The van der Waals surface area contributed by atoms with Crippen molar-refractivity contribution >= 4 is 34.8 Å². The Morgan fingerprint density at radius 1 is 1.04 bits per heavy atom. The Bertz CT molecular complexity index is 790. The van der Waals surface area contributed by atoms with E-state index in [1.54, 1.807) is 43.3 Å². The summed E-state index contributed by atoms with van der Waals surface area (Å²) < 4.78 is 5.54. The number of benzene rings is 2. The molecule has 0 bridgehead atoms. The Morgan fingerprint density at radius 2 is 1.68 bits per heavy atom. The van der Waals surface area contributed by atoms with Crippen molar-refractivity contribution in [1.29, 1.82) is 0 Å². The molecule has 5 nitrogen and oxygen atoms in total. The van der Waals surface area contributed by atoms with Gasteiger partial charge in [-0.05, 0) is 55.3 Å². The molecule has 0 aliphatic heterocycles. The number of amides is 2. The number of halogens is 1. The zero-order valence-corrected chi connectivity index (χ0v) is 15.2. The third-order valence-electron chi connectivity index (χ3n) is 3.70. The summed E-state index contributed by atoms with van der Waals surface area (Å²) in [5, 5.41) is 6.23. The van der Waals surface area contributed by atoms with Crippen LogP contribution in [0, 0.1) is 13.8 Å². The Labute approximate surface area is 152 Å². The highest BCUT2D eigenvalue weighted by Crippen LogP contribution is 2.24. The molecule has 2 rings (SSSR count). The molecule has 0 spiro atoms. The van der Waals surface area contributed by atoms with Crippen molar-refractivity contribution in [3.05, 3.63) is 52.5 Å². The summed E-state index contributed by atoms with van der Waals surface area (Å²) in [4.78, 5) is 23.7. The first kappa shape index (κ1) is 18.8. The summed E-state index contributed by atoms with van der Waals surface area (Å²) in [6.07, 6.45) is 0.393. The highest BCUT2D eigenvalue weighted by Gasteiger charge is 2.10. The zero-order chi connectivity index (χ0) is 18.4. The molecule has 132 valence electrons. The summed E-state index contributed by atoms with van der Waals surface area (Å²) in [6, 6.07) is 10.6. The average Bonchev–Trinajstić information content (AvgIpc) is 2.57. The molecule has 0 aliphatic carbocycles. The van der Waals surface area contributed by atoms with Gasteiger partial charge < -0.3 is 15.4 Å². The fourth-order valence-corrected chi connectivity index (χ4v) is 2.48. The van der Waals surface area contributed by atoms with Crippen LogP contribution in [0.25, 0.3) is 0 Å². The number of ether oxygens (including phenoxy) is 1. The Morgan fingerprint density at radius 3 is 2.28 bits per heavy atom. The number of hydrogen-bond donors (Lipinski definition) is 2. The molecule has 0 saturated carbocycles. The maximum Gasteiger partial charge on any atom is 0.262 e. The number of carbonyl (C=O) groups excluding carboxylic acids is 2. The van der Waals surface area contributed by atoms with Crippen molar-refractivity contribution in [2.45, 2.75) is 27.2 Å². The predicted molar refractivity (Wildman–Crippen MR) is 100 cm³/mol. The summed E-state index contributed by atoms with van der Waals surface area (Å²) in [7, 11) is 0. The van der Waals surface area contributed by atoms with Crippen LogP contribution >= 0.6 is 11.6 Å². The molecule has 6 heteroatoms. The van der Waals surface area contributed by atoms with Crippen molar-refractivity contribution < 1.29 is 14.3 Å². The topological polar surface area (TPSA) is 67.4 Å². The number of rotatable bonds is 6. The number of nitrogens with one attached hydrogen (secondary N) is 2. The molecule has 0 radical (unpaired) electrons. The van der Waals surface area contributed by atoms with E-state index in [9.17, 15) is 9.59 Å². The highest BCUT2D eigenvalue weighted by molar-refractivity contribution is 6.30. The van der Waals surface area contributed by atoms with Gasteiger partial charge in [-0.25, -0.2) is 0 Å². The van der Waals surface area contributed by atoms with Crippen LogP contribution in [-0.2, 0) is 9.59 Å². The fraction of sp³-hybridized carbons (Fsp3) is 0.263. The standard InChI is InChI=1S/C19H21ClN2O3/c1-4-18(23)21-15-6-5-7-16(13(15)3)22-19(24)11-25-17-9-8-14(20)10-12(17)2/h5-10H,4,11H2,1-3H3,(H,21,23)(H,22,24). The molecule has 0 atom stereocenters. The highest BCUT2D eigenvalue weighted by atomic mass is 35.5. The first-order valence-electron chi connectivity index (χ1n) is 7.99. The van der Waals surface area contributed by atoms with E-state index >= 15 is 0 Å². The van der Waals surface area contributed by atoms with Crippen molar-refractivity contribution in [1.82, 2.24) is 0 Å². The Kier molecular flexibility index (Phi) is 6.42. The third kappa shape index (κ3) is 5.22. The SMILES string of the molecule is CCC(=O)Nc1cccc(NC(=O)COc2ccc(Cl)cc2C)c1C. The molecule has 2 N–H and O–H groups in total. The van der Waals surface area contributed by atoms with Gasteiger partial charge in [0.2, 0.25) is 5.91 Å². The average molecular weight is 361 g/mol. The van der Waals surface area contributed by atoms with Crippen LogP contribution in [-0.4, -0.2) is 18.4 Å². The van der Waals surface area contributed by atoms with E-state index in [-0.39, 0.29) is 18.4 Å². The first-order valence-corrected chi connectivity index (χ1v) is 8.36. The number of anilines is 2. The van der Waals surface area contributed by atoms with E-state index in [1.165, 1.54) is 0 Å². The van der Waals surface area contributed by atoms with Crippen molar-refractivity contribution in [2.24, 2.45) is 0 Å². The van der Waals surface area contributed by atoms with E-state index < -0.39 is 0 Å². The molecule has 0 saturated heterocycles. The van der Waals surface area contributed by atoms with E-state index in [4.69, 9.17) is 16.3 Å². The smallest absolute Gasteiger partial charge is 0.262 e. The van der Waals surface area contributed by atoms with E-state index in [0.717, 1.165) is 11.1 Å². The molecule has 0 heterocycles. The third-order valence-corrected chi connectivity index (χ3v) is 3.93. The summed E-state index contributed by atoms with van der Waals surface area (Å²) in [6.45, 7) is 5.37. The molecular weight excluding hydrogens is 340 g/mol. The lowest BCUT2D eigenvalue weighted by Gasteiger charge is -2.14. The van der Waals surface area contributed by atoms with Gasteiger partial charge in [0.15, 0.2) is 6.61 Å². The minimum Gasteiger partial charge on any atom is -0.483 e. The van der Waals surface area contributed by atoms with Crippen molar-refractivity contribution in [3.8, 4) is 5.75 Å². The number of aryl methyl sites for hydroxylation is 1. The lowest BCUT2D eigenvalue weighted by atomic mass is 10.1. The van der Waals surface area contributed by atoms with Crippen molar-refractivity contribution in [3.63, 3.8) is 0 Å². The Balaban J connectivity index is 2.00. The largest absolute Gasteiger partial charge is 0.483 e. The second-order valence-electron chi connectivity index (χ2n) is 5.63. The lowest BCUT2D eigenvalue weighted by Crippen LogP contribution is -2.21. The molecule has 2 aromatic rings. The maximum atomic E-state index is 12.2. The zero-order valence-electron chi connectivity index (χ0n) is 14.5. The van der Waals surface area contributed by atoms with Gasteiger partial charge in [0.1, 0.15) is 5.75 Å². The molecule has 0 unspecified atom stereocenters. The van der Waals surface area contributed by atoms with Gasteiger partial charge in [0, 0.05) is 22.8 Å². The maximum absolute atomic E-state index is 12.2. The summed E-state index contributed by atoms with van der Waals surface area (Å²) in [5.41, 5.74) is 2.97. The monoisotopic (exact) mass is 360 g/mol. The summed E-state index contributed by atoms with van der Waals surface area (Å²) in [5.74, 6) is 0.254. The van der Waals surface area contributed by atoms with Gasteiger partial charge in [-0.3, -0.25) is 9.59 Å². The summed E-state index contributed by atoms with van der Waals surface area (Å²) >= 11 is 5.90. The number of hydrogen-bond acceptors (Lipinski definition) is 3. The fourth-order valence-electron chi connectivity index (χ4n) is 2.25. The minimum absolute atomic E-state index is 0.0758. The molecule has 25 heavy (non-hydrogen) atoms. The van der Waals surface area contributed by atoms with Crippen LogP contribution in [0.5, 0.6) is 5.75 Å². The van der Waals surface area contributed by atoms with Crippen LogP contribution in [0.2, 0.25) is 5.02 Å².